The summed E-state index contributed by atoms with van der Waals surface area (Å²) in [6, 6.07) is 15.3. The van der Waals surface area contributed by atoms with E-state index in [1.54, 1.807) is 11.2 Å². The summed E-state index contributed by atoms with van der Waals surface area (Å²) >= 11 is 1.47. The van der Waals surface area contributed by atoms with Gasteiger partial charge >= 0.3 is 0 Å². The van der Waals surface area contributed by atoms with E-state index in [1.807, 2.05) is 69.3 Å². The van der Waals surface area contributed by atoms with Gasteiger partial charge in [-0.1, -0.05) is 29.0 Å². The third-order valence-electron chi connectivity index (χ3n) is 4.64. The van der Waals surface area contributed by atoms with Crippen molar-refractivity contribution in [2.24, 2.45) is 0 Å². The van der Waals surface area contributed by atoms with Crippen molar-refractivity contribution in [2.75, 3.05) is 11.5 Å². The average molecular weight is 407 g/mol. The van der Waals surface area contributed by atoms with Gasteiger partial charge in [0.05, 0.1) is 29.6 Å². The highest BCUT2D eigenvalue weighted by Crippen LogP contribution is 2.33. The lowest BCUT2D eigenvalue weighted by molar-refractivity contribution is 0.0982. The second-order valence-corrected chi connectivity index (χ2v) is 7.86. The van der Waals surface area contributed by atoms with Crippen molar-refractivity contribution in [2.45, 2.75) is 27.3 Å². The van der Waals surface area contributed by atoms with Crippen LogP contribution in [0, 0.1) is 13.8 Å². The van der Waals surface area contributed by atoms with Crippen LogP contribution in [0.4, 0.5) is 5.13 Å². The number of carbonyl (C=O) groups is 1. The van der Waals surface area contributed by atoms with E-state index in [0.717, 1.165) is 27.1 Å². The summed E-state index contributed by atoms with van der Waals surface area (Å²) < 4.78 is 12.1. The molecule has 0 spiro atoms. The van der Waals surface area contributed by atoms with Gasteiger partial charge in [0.25, 0.3) is 5.91 Å². The van der Waals surface area contributed by atoms with Crippen LogP contribution in [0.3, 0.4) is 0 Å². The van der Waals surface area contributed by atoms with Crippen LogP contribution in [0.25, 0.3) is 10.2 Å². The Hall–Kier alpha value is -3.12. The van der Waals surface area contributed by atoms with Crippen molar-refractivity contribution in [3.8, 4) is 5.75 Å². The van der Waals surface area contributed by atoms with Crippen LogP contribution >= 0.6 is 11.3 Å². The van der Waals surface area contributed by atoms with Crippen LogP contribution < -0.4 is 9.64 Å². The van der Waals surface area contributed by atoms with Crippen molar-refractivity contribution in [1.29, 1.82) is 0 Å². The smallest absolute Gasteiger partial charge is 0.260 e. The SMILES string of the molecule is CCOc1ccc2nc(N(Cc3ccco3)C(=O)c3ccc(C)cc3C)sc2c1. The Bertz CT molecular complexity index is 1150. The Balaban J connectivity index is 1.75. The zero-order chi connectivity index (χ0) is 20.4. The molecule has 2 heterocycles. The number of anilines is 1. The summed E-state index contributed by atoms with van der Waals surface area (Å²) in [5.41, 5.74) is 3.57. The number of carbonyl (C=O) groups excluding carboxylic acids is 1. The third-order valence-corrected chi connectivity index (χ3v) is 5.68. The number of ether oxygens (including phenoxy) is 1. The van der Waals surface area contributed by atoms with Crippen molar-refractivity contribution in [3.05, 3.63) is 77.2 Å². The molecule has 0 saturated heterocycles. The maximum absolute atomic E-state index is 13.5. The molecule has 0 fully saturated rings. The number of fused-ring (bicyclic) bond motifs is 1. The first-order chi connectivity index (χ1) is 14.0. The van der Waals surface area contributed by atoms with Crippen LogP contribution in [0.5, 0.6) is 5.75 Å². The topological polar surface area (TPSA) is 55.6 Å². The van der Waals surface area contributed by atoms with Crippen LogP contribution in [0.1, 0.15) is 34.2 Å². The Morgan fingerprint density at radius 3 is 2.76 bits per heavy atom. The molecule has 6 heteroatoms. The van der Waals surface area contributed by atoms with E-state index in [9.17, 15) is 4.79 Å². The monoisotopic (exact) mass is 406 g/mol. The molecular weight excluding hydrogens is 384 g/mol. The van der Waals surface area contributed by atoms with Crippen LogP contribution in [0.2, 0.25) is 0 Å². The highest BCUT2D eigenvalue weighted by Gasteiger charge is 2.24. The fourth-order valence-electron chi connectivity index (χ4n) is 3.25. The molecule has 4 aromatic rings. The summed E-state index contributed by atoms with van der Waals surface area (Å²) in [5.74, 6) is 1.41. The van der Waals surface area contributed by atoms with Gasteiger partial charge < -0.3 is 9.15 Å². The molecule has 0 aliphatic heterocycles. The van der Waals surface area contributed by atoms with Crippen molar-refractivity contribution < 1.29 is 13.9 Å². The molecule has 5 nitrogen and oxygen atoms in total. The number of hydrogen-bond donors (Lipinski definition) is 0. The molecule has 0 aliphatic carbocycles. The highest BCUT2D eigenvalue weighted by molar-refractivity contribution is 7.22. The first kappa shape index (κ1) is 19.2. The largest absolute Gasteiger partial charge is 0.494 e. The zero-order valence-corrected chi connectivity index (χ0v) is 17.5. The van der Waals surface area contributed by atoms with Gasteiger partial charge in [0.15, 0.2) is 5.13 Å². The van der Waals surface area contributed by atoms with Crippen LogP contribution in [-0.4, -0.2) is 17.5 Å². The maximum Gasteiger partial charge on any atom is 0.260 e. The summed E-state index contributed by atoms with van der Waals surface area (Å²) in [5, 5.41) is 0.634. The van der Waals surface area contributed by atoms with E-state index < -0.39 is 0 Å². The molecule has 0 aliphatic rings. The first-order valence-electron chi connectivity index (χ1n) is 9.50. The minimum absolute atomic E-state index is 0.0945. The molecule has 29 heavy (non-hydrogen) atoms. The Morgan fingerprint density at radius 1 is 1.17 bits per heavy atom. The first-order valence-corrected chi connectivity index (χ1v) is 10.3. The van der Waals surface area contributed by atoms with Gasteiger partial charge in [-0.3, -0.25) is 9.69 Å². The predicted molar refractivity (Wildman–Crippen MR) is 116 cm³/mol. The van der Waals surface area contributed by atoms with E-state index in [0.29, 0.717) is 29.6 Å². The standard InChI is InChI=1S/C23H22N2O3S/c1-4-27-17-8-10-20-21(13-17)29-23(24-20)25(14-18-6-5-11-28-18)22(26)19-9-7-15(2)12-16(19)3/h5-13H,4,14H2,1-3H3. The second kappa shape index (κ2) is 8.09. The molecular formula is C23H22N2O3S. The quantitative estimate of drug-likeness (QED) is 0.409. The molecule has 0 bridgehead atoms. The van der Waals surface area contributed by atoms with Crippen molar-refractivity contribution >= 4 is 32.6 Å². The number of aromatic nitrogens is 1. The van der Waals surface area contributed by atoms with E-state index in [1.165, 1.54) is 11.3 Å². The molecule has 1 amide bonds. The number of thiazole rings is 1. The molecule has 2 aromatic heterocycles. The summed E-state index contributed by atoms with van der Waals surface area (Å²) in [4.78, 5) is 19.9. The van der Waals surface area contributed by atoms with E-state index in [-0.39, 0.29) is 5.91 Å². The van der Waals surface area contributed by atoms with Gasteiger partial charge in [-0.05, 0) is 62.7 Å². The zero-order valence-electron chi connectivity index (χ0n) is 16.6. The number of benzene rings is 2. The number of furan rings is 1. The number of aryl methyl sites for hydroxylation is 2. The minimum Gasteiger partial charge on any atom is -0.494 e. The normalized spacial score (nSPS) is 11.0. The van der Waals surface area contributed by atoms with Crippen LogP contribution in [-0.2, 0) is 6.54 Å². The lowest BCUT2D eigenvalue weighted by Crippen LogP contribution is -2.30. The number of amides is 1. The van der Waals surface area contributed by atoms with Gasteiger partial charge in [0.1, 0.15) is 11.5 Å². The molecule has 4 rings (SSSR count). The second-order valence-electron chi connectivity index (χ2n) is 6.85. The number of rotatable bonds is 6. The molecule has 0 saturated carbocycles. The summed E-state index contributed by atoms with van der Waals surface area (Å²) in [6.45, 7) is 6.85. The molecule has 148 valence electrons. The van der Waals surface area contributed by atoms with Gasteiger partial charge in [-0.15, -0.1) is 0 Å². The Kier molecular flexibility index (Phi) is 5.36. The van der Waals surface area contributed by atoms with Crippen LogP contribution in [0.15, 0.2) is 59.2 Å². The number of hydrogen-bond acceptors (Lipinski definition) is 5. The Labute approximate surface area is 173 Å². The minimum atomic E-state index is -0.0945. The molecule has 2 aromatic carbocycles. The van der Waals surface area contributed by atoms with Gasteiger partial charge in [0, 0.05) is 5.56 Å². The molecule has 0 unspecified atom stereocenters. The summed E-state index contributed by atoms with van der Waals surface area (Å²) in [6.07, 6.45) is 1.61. The van der Waals surface area contributed by atoms with E-state index >= 15 is 0 Å². The third kappa shape index (κ3) is 4.03. The van der Waals surface area contributed by atoms with E-state index in [4.69, 9.17) is 14.1 Å². The fourth-order valence-corrected chi connectivity index (χ4v) is 4.24. The van der Waals surface area contributed by atoms with Crippen molar-refractivity contribution in [1.82, 2.24) is 4.98 Å². The molecule has 0 radical (unpaired) electrons. The molecule has 0 atom stereocenters. The van der Waals surface area contributed by atoms with E-state index in [2.05, 4.69) is 0 Å². The lowest BCUT2D eigenvalue weighted by atomic mass is 10.0. The van der Waals surface area contributed by atoms with Gasteiger partial charge in [-0.25, -0.2) is 4.98 Å². The predicted octanol–water partition coefficient (Wildman–Crippen LogP) is 5.75. The highest BCUT2D eigenvalue weighted by atomic mass is 32.1. The maximum atomic E-state index is 13.5. The lowest BCUT2D eigenvalue weighted by Gasteiger charge is -2.20. The fraction of sp³-hybridized carbons (Fsp3) is 0.217. The van der Waals surface area contributed by atoms with Gasteiger partial charge in [0.2, 0.25) is 0 Å². The number of nitrogens with zero attached hydrogens (tertiary/aromatic N) is 2. The summed E-state index contributed by atoms with van der Waals surface area (Å²) in [7, 11) is 0. The average Bonchev–Trinajstić information content (AvgIpc) is 3.35. The van der Waals surface area contributed by atoms with Crippen molar-refractivity contribution in [3.63, 3.8) is 0 Å². The molecule has 0 N–H and O–H groups in total. The Morgan fingerprint density at radius 2 is 2.03 bits per heavy atom. The van der Waals surface area contributed by atoms with Gasteiger partial charge in [-0.2, -0.15) is 0 Å².